The molecule has 0 N–H and O–H groups in total. The Morgan fingerprint density at radius 1 is 0.290 bits per heavy atom. The van der Waals surface area contributed by atoms with Gasteiger partial charge in [-0.3, -0.25) is 14.4 Å². The van der Waals surface area contributed by atoms with E-state index in [4.69, 9.17) is 14.2 Å². The zero-order valence-corrected chi connectivity index (χ0v) is 45.8. The summed E-state index contributed by atoms with van der Waals surface area (Å²) in [4.78, 5) is 38.2. The second kappa shape index (κ2) is 57.7. The Morgan fingerprint density at radius 2 is 0.522 bits per heavy atom. The van der Waals surface area contributed by atoms with E-state index in [1.54, 1.807) is 0 Å². The van der Waals surface area contributed by atoms with Gasteiger partial charge in [0.05, 0.1) is 0 Å². The first-order chi connectivity index (χ1) is 34.0. The smallest absolute Gasteiger partial charge is 0.306 e. The predicted octanol–water partition coefficient (Wildman–Crippen LogP) is 20.0. The molecular weight excluding hydrogens is 853 g/mol. The normalized spacial score (nSPS) is 12.4. The minimum absolute atomic E-state index is 0.0824. The summed E-state index contributed by atoms with van der Waals surface area (Å²) in [5.41, 5.74) is 0. The SMILES string of the molecule is CCCCC/C=C\C/C=C\CCCCCCCCCCCC(=O)OC[C@H](COC(=O)CCCCCCCCC/C=C\CCCCCCCC)OC(=O)CCCCCCC/C=C\C/C=C\CCCCC. The van der Waals surface area contributed by atoms with E-state index in [1.165, 1.54) is 173 Å². The molecule has 0 heterocycles. The van der Waals surface area contributed by atoms with Crippen LogP contribution in [0.1, 0.15) is 303 Å². The fourth-order valence-corrected chi connectivity index (χ4v) is 8.44. The molecule has 0 bridgehead atoms. The van der Waals surface area contributed by atoms with Crippen LogP contribution in [0, 0.1) is 0 Å². The van der Waals surface area contributed by atoms with Gasteiger partial charge in [-0.2, -0.15) is 0 Å². The molecule has 0 spiro atoms. The molecule has 0 saturated heterocycles. The van der Waals surface area contributed by atoms with Gasteiger partial charge in [0.15, 0.2) is 6.10 Å². The Kier molecular flexibility index (Phi) is 55.3. The molecule has 0 aromatic carbocycles. The van der Waals surface area contributed by atoms with Gasteiger partial charge in [0.2, 0.25) is 0 Å². The fourth-order valence-electron chi connectivity index (χ4n) is 8.44. The van der Waals surface area contributed by atoms with Gasteiger partial charge in [-0.15, -0.1) is 0 Å². The Hall–Kier alpha value is -2.89. The molecule has 0 aromatic heterocycles. The molecule has 400 valence electrons. The van der Waals surface area contributed by atoms with Crippen molar-refractivity contribution in [3.63, 3.8) is 0 Å². The van der Waals surface area contributed by atoms with Crippen LogP contribution in [0.4, 0.5) is 0 Å². The molecule has 0 amide bonds. The molecule has 0 rings (SSSR count). The first-order valence-electron chi connectivity index (χ1n) is 29.8. The highest BCUT2D eigenvalue weighted by Gasteiger charge is 2.19. The van der Waals surface area contributed by atoms with Crippen molar-refractivity contribution in [2.45, 2.75) is 309 Å². The van der Waals surface area contributed by atoms with Crippen molar-refractivity contribution >= 4 is 17.9 Å². The average molecular weight is 966 g/mol. The summed E-state index contributed by atoms with van der Waals surface area (Å²) in [5, 5.41) is 0. The average Bonchev–Trinajstić information content (AvgIpc) is 3.35. The lowest BCUT2D eigenvalue weighted by molar-refractivity contribution is -0.167. The van der Waals surface area contributed by atoms with E-state index in [0.29, 0.717) is 19.3 Å². The first kappa shape index (κ1) is 66.1. The third-order valence-corrected chi connectivity index (χ3v) is 13.0. The van der Waals surface area contributed by atoms with Crippen LogP contribution in [0.15, 0.2) is 60.8 Å². The third-order valence-electron chi connectivity index (χ3n) is 13.0. The van der Waals surface area contributed by atoms with E-state index >= 15 is 0 Å². The van der Waals surface area contributed by atoms with Crippen LogP contribution in [0.5, 0.6) is 0 Å². The molecule has 6 heteroatoms. The van der Waals surface area contributed by atoms with E-state index in [-0.39, 0.29) is 31.1 Å². The molecule has 0 radical (unpaired) electrons. The molecule has 1 atom stereocenters. The molecular formula is C63H112O6. The molecule has 0 unspecified atom stereocenters. The number of ether oxygens (including phenoxy) is 3. The molecule has 0 aliphatic carbocycles. The van der Waals surface area contributed by atoms with Crippen molar-refractivity contribution in [3.8, 4) is 0 Å². The molecule has 0 aliphatic heterocycles. The van der Waals surface area contributed by atoms with Crippen LogP contribution in [0.25, 0.3) is 0 Å². The van der Waals surface area contributed by atoms with Crippen molar-refractivity contribution < 1.29 is 28.6 Å². The summed E-state index contributed by atoms with van der Waals surface area (Å²) in [6.45, 7) is 6.60. The molecule has 0 saturated carbocycles. The lowest BCUT2D eigenvalue weighted by Crippen LogP contribution is -2.30. The standard InChI is InChI=1S/C63H112O6/c1-4-7-10-13-16-19-22-25-28-30-31-33-36-38-41-44-47-50-53-56-62(65)68-59-60(69-63(66)57-54-51-48-45-42-39-34-27-24-21-18-15-12-9-6-3)58-67-61(64)55-52-49-46-43-40-37-35-32-29-26-23-20-17-14-11-8-5-2/h16,18-19,21,25-29,34,60H,4-15,17,20,22-24,30-33,35-59H2,1-3H3/b19-16-,21-18-,28-25-,29-26-,34-27-/t60-/m0/s1. The zero-order valence-electron chi connectivity index (χ0n) is 45.8. The van der Waals surface area contributed by atoms with E-state index in [0.717, 1.165) is 89.9 Å². The summed E-state index contributed by atoms with van der Waals surface area (Å²) in [6.07, 6.45) is 72.0. The second-order valence-corrected chi connectivity index (χ2v) is 19.9. The Labute approximate surface area is 428 Å². The Morgan fingerprint density at radius 3 is 0.841 bits per heavy atom. The highest BCUT2D eigenvalue weighted by molar-refractivity contribution is 5.71. The largest absolute Gasteiger partial charge is 0.462 e. The first-order valence-corrected chi connectivity index (χ1v) is 29.8. The number of rotatable bonds is 54. The third kappa shape index (κ3) is 55.9. The molecule has 0 aliphatic rings. The van der Waals surface area contributed by atoms with Crippen LogP contribution >= 0.6 is 0 Å². The van der Waals surface area contributed by atoms with Crippen LogP contribution in [0.2, 0.25) is 0 Å². The minimum Gasteiger partial charge on any atom is -0.462 e. The highest BCUT2D eigenvalue weighted by atomic mass is 16.6. The lowest BCUT2D eigenvalue weighted by atomic mass is 10.1. The lowest BCUT2D eigenvalue weighted by Gasteiger charge is -2.18. The zero-order chi connectivity index (χ0) is 50.0. The minimum atomic E-state index is -0.785. The summed E-state index contributed by atoms with van der Waals surface area (Å²) >= 11 is 0. The highest BCUT2D eigenvalue weighted by Crippen LogP contribution is 2.15. The van der Waals surface area contributed by atoms with Gasteiger partial charge in [0, 0.05) is 19.3 Å². The summed E-state index contributed by atoms with van der Waals surface area (Å²) in [7, 11) is 0. The van der Waals surface area contributed by atoms with Crippen molar-refractivity contribution in [1.82, 2.24) is 0 Å². The van der Waals surface area contributed by atoms with E-state index in [2.05, 4.69) is 81.5 Å². The second-order valence-electron chi connectivity index (χ2n) is 19.9. The number of allylic oxidation sites excluding steroid dienone is 10. The van der Waals surface area contributed by atoms with Gasteiger partial charge in [0.25, 0.3) is 0 Å². The van der Waals surface area contributed by atoms with Crippen LogP contribution in [0.3, 0.4) is 0 Å². The number of hydrogen-bond acceptors (Lipinski definition) is 6. The maximum Gasteiger partial charge on any atom is 0.306 e. The van der Waals surface area contributed by atoms with Gasteiger partial charge < -0.3 is 14.2 Å². The van der Waals surface area contributed by atoms with Crippen LogP contribution in [-0.4, -0.2) is 37.2 Å². The van der Waals surface area contributed by atoms with Crippen molar-refractivity contribution in [3.05, 3.63) is 60.8 Å². The fraction of sp³-hybridized carbons (Fsp3) is 0.794. The van der Waals surface area contributed by atoms with Gasteiger partial charge in [0.1, 0.15) is 13.2 Å². The number of carbonyl (C=O) groups excluding carboxylic acids is 3. The van der Waals surface area contributed by atoms with Crippen LogP contribution in [-0.2, 0) is 28.6 Å². The topological polar surface area (TPSA) is 78.9 Å². The number of carbonyl (C=O) groups is 3. The van der Waals surface area contributed by atoms with E-state index in [1.807, 2.05) is 0 Å². The summed E-state index contributed by atoms with van der Waals surface area (Å²) in [6, 6.07) is 0. The molecule has 0 fully saturated rings. The van der Waals surface area contributed by atoms with Crippen molar-refractivity contribution in [1.29, 1.82) is 0 Å². The molecule has 69 heavy (non-hydrogen) atoms. The number of unbranched alkanes of at least 4 members (excludes halogenated alkanes) is 33. The van der Waals surface area contributed by atoms with Crippen molar-refractivity contribution in [2.24, 2.45) is 0 Å². The maximum atomic E-state index is 12.9. The summed E-state index contributed by atoms with van der Waals surface area (Å²) in [5.74, 6) is -0.892. The maximum absolute atomic E-state index is 12.9. The Bertz CT molecular complexity index is 1250. The van der Waals surface area contributed by atoms with E-state index < -0.39 is 6.10 Å². The van der Waals surface area contributed by atoms with Crippen LogP contribution < -0.4 is 0 Å². The molecule has 6 nitrogen and oxygen atoms in total. The van der Waals surface area contributed by atoms with Gasteiger partial charge in [-0.1, -0.05) is 236 Å². The quantitative estimate of drug-likeness (QED) is 0.0262. The van der Waals surface area contributed by atoms with Gasteiger partial charge in [-0.25, -0.2) is 0 Å². The monoisotopic (exact) mass is 965 g/mol. The van der Waals surface area contributed by atoms with Gasteiger partial charge in [-0.05, 0) is 109 Å². The number of hydrogen-bond donors (Lipinski definition) is 0. The Balaban J connectivity index is 4.38. The predicted molar refractivity (Wildman–Crippen MR) is 298 cm³/mol. The summed E-state index contributed by atoms with van der Waals surface area (Å²) < 4.78 is 16.9. The van der Waals surface area contributed by atoms with E-state index in [9.17, 15) is 14.4 Å². The van der Waals surface area contributed by atoms with Crippen molar-refractivity contribution in [2.75, 3.05) is 13.2 Å². The number of esters is 3. The van der Waals surface area contributed by atoms with Gasteiger partial charge >= 0.3 is 17.9 Å². The molecule has 0 aromatic rings.